The molecule has 1 aliphatic heterocycles. The van der Waals surface area contributed by atoms with Crippen molar-refractivity contribution in [2.45, 2.75) is 44.6 Å². The van der Waals surface area contributed by atoms with Crippen molar-refractivity contribution in [3.63, 3.8) is 0 Å². The lowest BCUT2D eigenvalue weighted by atomic mass is 9.92. The third kappa shape index (κ3) is 3.36. The van der Waals surface area contributed by atoms with E-state index >= 15 is 0 Å². The molecule has 1 aromatic heterocycles. The minimum atomic E-state index is -0.834. The van der Waals surface area contributed by atoms with Crippen LogP contribution in [0.15, 0.2) is 24.3 Å². The zero-order chi connectivity index (χ0) is 19.1. The Morgan fingerprint density at radius 3 is 2.63 bits per heavy atom. The summed E-state index contributed by atoms with van der Waals surface area (Å²) in [6.07, 6.45) is 3.51. The summed E-state index contributed by atoms with van der Waals surface area (Å²) in [7, 11) is 1.60. The number of carbonyl (C=O) groups is 2. The van der Waals surface area contributed by atoms with Crippen molar-refractivity contribution in [3.05, 3.63) is 35.5 Å². The zero-order valence-electron chi connectivity index (χ0n) is 15.6. The van der Waals surface area contributed by atoms with Gasteiger partial charge in [0.1, 0.15) is 5.75 Å². The van der Waals surface area contributed by atoms with E-state index in [0.29, 0.717) is 30.1 Å². The van der Waals surface area contributed by atoms with Crippen LogP contribution in [-0.2, 0) is 4.79 Å². The van der Waals surface area contributed by atoms with E-state index in [-0.39, 0.29) is 18.5 Å². The molecule has 6 nitrogen and oxygen atoms in total. The first kappa shape index (κ1) is 17.8. The number of amides is 1. The van der Waals surface area contributed by atoms with Crippen LogP contribution in [0.1, 0.15) is 54.6 Å². The van der Waals surface area contributed by atoms with Crippen LogP contribution in [0.25, 0.3) is 10.9 Å². The van der Waals surface area contributed by atoms with Gasteiger partial charge in [-0.3, -0.25) is 14.6 Å². The molecule has 2 unspecified atom stereocenters. The van der Waals surface area contributed by atoms with Crippen molar-refractivity contribution in [1.82, 2.24) is 9.88 Å². The number of ether oxygens (including phenoxy) is 1. The number of hydrogen-bond donors (Lipinski definition) is 1. The first-order valence-electron chi connectivity index (χ1n) is 9.50. The minimum absolute atomic E-state index is 0.0197. The van der Waals surface area contributed by atoms with Crippen molar-refractivity contribution < 1.29 is 19.4 Å². The average molecular weight is 368 g/mol. The topological polar surface area (TPSA) is 79.7 Å². The van der Waals surface area contributed by atoms with Gasteiger partial charge in [-0.25, -0.2) is 0 Å². The highest BCUT2D eigenvalue weighted by Crippen LogP contribution is 2.41. The maximum Gasteiger partial charge on any atom is 0.308 e. The number of aliphatic carboxylic acids is 1. The SMILES string of the molecule is COc1ccc2nc(C3CC3)cc(C(=O)N3CC(C(=O)O)CCC3C)c2c1. The Morgan fingerprint density at radius 1 is 1.19 bits per heavy atom. The van der Waals surface area contributed by atoms with Crippen LogP contribution in [0.4, 0.5) is 0 Å². The average Bonchev–Trinajstić information content (AvgIpc) is 3.51. The molecule has 1 aromatic carbocycles. The van der Waals surface area contributed by atoms with Crippen LogP contribution in [0.5, 0.6) is 5.75 Å². The second-order valence-electron chi connectivity index (χ2n) is 7.67. The largest absolute Gasteiger partial charge is 0.497 e. The molecular weight excluding hydrogens is 344 g/mol. The third-order valence-corrected chi connectivity index (χ3v) is 5.75. The van der Waals surface area contributed by atoms with Gasteiger partial charge in [0.05, 0.1) is 24.1 Å². The highest BCUT2D eigenvalue weighted by Gasteiger charge is 2.34. The molecule has 6 heteroatoms. The van der Waals surface area contributed by atoms with Crippen molar-refractivity contribution in [2.75, 3.05) is 13.7 Å². The quantitative estimate of drug-likeness (QED) is 0.894. The van der Waals surface area contributed by atoms with Gasteiger partial charge < -0.3 is 14.7 Å². The van der Waals surface area contributed by atoms with Crippen molar-refractivity contribution in [1.29, 1.82) is 0 Å². The maximum absolute atomic E-state index is 13.5. The summed E-state index contributed by atoms with van der Waals surface area (Å²) in [5, 5.41) is 10.2. The van der Waals surface area contributed by atoms with Gasteiger partial charge in [-0.05, 0) is 56.9 Å². The van der Waals surface area contributed by atoms with E-state index in [1.54, 1.807) is 12.0 Å². The normalized spacial score (nSPS) is 22.7. The number of pyridine rings is 1. The summed E-state index contributed by atoms with van der Waals surface area (Å²) in [6, 6.07) is 7.50. The zero-order valence-corrected chi connectivity index (χ0v) is 15.6. The van der Waals surface area contributed by atoms with Crippen LogP contribution in [0, 0.1) is 5.92 Å². The number of aromatic nitrogens is 1. The molecule has 2 heterocycles. The fourth-order valence-corrected chi connectivity index (χ4v) is 3.86. The van der Waals surface area contributed by atoms with E-state index in [1.807, 2.05) is 31.2 Å². The molecular formula is C21H24N2O4. The lowest BCUT2D eigenvalue weighted by Crippen LogP contribution is -2.47. The Balaban J connectivity index is 1.78. The summed E-state index contributed by atoms with van der Waals surface area (Å²) in [5.74, 6) is -0.354. The first-order chi connectivity index (χ1) is 13.0. The Labute approximate surface area is 158 Å². The number of piperidine rings is 1. The van der Waals surface area contributed by atoms with Gasteiger partial charge in [-0.2, -0.15) is 0 Å². The van der Waals surface area contributed by atoms with Gasteiger partial charge in [0.15, 0.2) is 0 Å². The predicted octanol–water partition coefficient (Wildman–Crippen LogP) is 3.45. The van der Waals surface area contributed by atoms with Gasteiger partial charge in [-0.15, -0.1) is 0 Å². The van der Waals surface area contributed by atoms with Gasteiger partial charge in [0.25, 0.3) is 5.91 Å². The third-order valence-electron chi connectivity index (χ3n) is 5.75. The highest BCUT2D eigenvalue weighted by atomic mass is 16.5. The van der Waals surface area contributed by atoms with Gasteiger partial charge in [0, 0.05) is 29.6 Å². The number of carboxylic acids is 1. The molecule has 2 aliphatic rings. The number of methoxy groups -OCH3 is 1. The number of fused-ring (bicyclic) bond motifs is 1. The monoisotopic (exact) mass is 368 g/mol. The summed E-state index contributed by atoms with van der Waals surface area (Å²) < 4.78 is 5.33. The molecule has 4 rings (SSSR count). The number of carbonyl (C=O) groups excluding carboxylic acids is 1. The molecule has 27 heavy (non-hydrogen) atoms. The van der Waals surface area contributed by atoms with Crippen molar-refractivity contribution in [2.24, 2.45) is 5.92 Å². The van der Waals surface area contributed by atoms with Crippen LogP contribution < -0.4 is 4.74 Å². The number of benzene rings is 1. The Kier molecular flexibility index (Phi) is 4.50. The molecule has 1 amide bonds. The second kappa shape index (κ2) is 6.83. The van der Waals surface area contributed by atoms with E-state index in [1.165, 1.54) is 0 Å². The van der Waals surface area contributed by atoms with E-state index in [0.717, 1.165) is 29.4 Å². The highest BCUT2D eigenvalue weighted by molar-refractivity contribution is 6.07. The Morgan fingerprint density at radius 2 is 1.96 bits per heavy atom. The maximum atomic E-state index is 13.5. The van der Waals surface area contributed by atoms with Crippen molar-refractivity contribution in [3.8, 4) is 5.75 Å². The van der Waals surface area contributed by atoms with E-state index in [2.05, 4.69) is 0 Å². The molecule has 2 fully saturated rings. The number of hydrogen-bond acceptors (Lipinski definition) is 4. The van der Waals surface area contributed by atoms with Crippen LogP contribution in [0.3, 0.4) is 0 Å². The van der Waals surface area contributed by atoms with Crippen LogP contribution in [-0.4, -0.2) is 46.6 Å². The number of nitrogens with zero attached hydrogens (tertiary/aromatic N) is 2. The van der Waals surface area contributed by atoms with Crippen LogP contribution in [0.2, 0.25) is 0 Å². The van der Waals surface area contributed by atoms with E-state index in [4.69, 9.17) is 9.72 Å². The molecule has 0 bridgehead atoms. The van der Waals surface area contributed by atoms with Gasteiger partial charge >= 0.3 is 5.97 Å². The lowest BCUT2D eigenvalue weighted by Gasteiger charge is -2.36. The fraction of sp³-hybridized carbons (Fsp3) is 0.476. The molecule has 1 aliphatic carbocycles. The number of rotatable bonds is 4. The second-order valence-corrected chi connectivity index (χ2v) is 7.67. The number of likely N-dealkylation sites (tertiary alicyclic amines) is 1. The lowest BCUT2D eigenvalue weighted by molar-refractivity contribution is -0.143. The minimum Gasteiger partial charge on any atom is -0.497 e. The summed E-state index contributed by atoms with van der Waals surface area (Å²) in [4.78, 5) is 31.4. The Hall–Kier alpha value is -2.63. The smallest absolute Gasteiger partial charge is 0.308 e. The molecule has 1 saturated carbocycles. The van der Waals surface area contributed by atoms with E-state index < -0.39 is 11.9 Å². The summed E-state index contributed by atoms with van der Waals surface area (Å²) >= 11 is 0. The fourth-order valence-electron chi connectivity index (χ4n) is 3.86. The standard InChI is InChI=1S/C21H24N2O4/c1-12-3-4-14(21(25)26)11-23(12)20(24)17-10-19(13-5-6-13)22-18-8-7-15(27-2)9-16(17)18/h7-10,12-14H,3-6,11H2,1-2H3,(H,25,26). The molecule has 2 aromatic rings. The predicted molar refractivity (Wildman–Crippen MR) is 101 cm³/mol. The van der Waals surface area contributed by atoms with E-state index in [9.17, 15) is 14.7 Å². The van der Waals surface area contributed by atoms with Gasteiger partial charge in [0.2, 0.25) is 0 Å². The first-order valence-corrected chi connectivity index (χ1v) is 9.50. The summed E-state index contributed by atoms with van der Waals surface area (Å²) in [6.45, 7) is 2.24. The molecule has 1 saturated heterocycles. The van der Waals surface area contributed by atoms with Crippen LogP contribution >= 0.6 is 0 Å². The molecule has 0 radical (unpaired) electrons. The molecule has 1 N–H and O–H groups in total. The number of carboxylic acid groups (broad SMARTS) is 1. The van der Waals surface area contributed by atoms with Gasteiger partial charge in [-0.1, -0.05) is 0 Å². The Bertz CT molecular complexity index is 906. The molecule has 142 valence electrons. The van der Waals surface area contributed by atoms with Crippen molar-refractivity contribution >= 4 is 22.8 Å². The molecule has 0 spiro atoms. The molecule has 2 atom stereocenters. The summed E-state index contributed by atoms with van der Waals surface area (Å²) in [5.41, 5.74) is 2.33.